The minimum absolute atomic E-state index is 0.598. The van der Waals surface area contributed by atoms with Crippen LogP contribution in [-0.4, -0.2) is 18.1 Å². The van der Waals surface area contributed by atoms with E-state index in [1.54, 1.807) is 12.3 Å². The molecule has 4 heteroatoms. The Morgan fingerprint density at radius 3 is 2.81 bits per heavy atom. The van der Waals surface area contributed by atoms with Gasteiger partial charge in [-0.05, 0) is 31.7 Å². The zero-order valence-corrected chi connectivity index (χ0v) is 10.4. The van der Waals surface area contributed by atoms with Crippen molar-refractivity contribution in [1.29, 1.82) is 0 Å². The molecule has 0 amide bonds. The average Bonchev–Trinajstić information content (AvgIpc) is 2.18. The molecule has 2 rings (SSSR count). The van der Waals surface area contributed by atoms with Crippen LogP contribution in [0, 0.1) is 5.92 Å². The minimum Gasteiger partial charge on any atom is -0.396 e. The second-order valence-electron chi connectivity index (χ2n) is 4.40. The Morgan fingerprint density at radius 2 is 2.31 bits per heavy atom. The number of pyridine rings is 1. The summed E-state index contributed by atoms with van der Waals surface area (Å²) in [4.78, 5) is 6.57. The maximum Gasteiger partial charge on any atom is 0.151 e. The van der Waals surface area contributed by atoms with Gasteiger partial charge in [-0.25, -0.2) is 4.98 Å². The second kappa shape index (κ2) is 4.91. The first kappa shape index (κ1) is 11.5. The Labute approximate surface area is 102 Å². The van der Waals surface area contributed by atoms with E-state index in [0.717, 1.165) is 24.8 Å². The zero-order chi connectivity index (χ0) is 11.5. The van der Waals surface area contributed by atoms with E-state index >= 15 is 0 Å². The van der Waals surface area contributed by atoms with E-state index in [-0.39, 0.29) is 0 Å². The maximum absolute atomic E-state index is 5.94. The highest BCUT2D eigenvalue weighted by Gasteiger charge is 2.21. The zero-order valence-electron chi connectivity index (χ0n) is 9.62. The molecular weight excluding hydrogens is 222 g/mol. The highest BCUT2D eigenvalue weighted by atomic mass is 35.5. The van der Waals surface area contributed by atoms with Crippen LogP contribution in [-0.2, 0) is 0 Å². The number of nitrogens with zero attached hydrogens (tertiary/aromatic N) is 2. The lowest BCUT2D eigenvalue weighted by molar-refractivity contribution is 0.318. The van der Waals surface area contributed by atoms with Gasteiger partial charge in [0.05, 0.1) is 10.7 Å². The molecule has 0 atom stereocenters. The van der Waals surface area contributed by atoms with Crippen LogP contribution >= 0.6 is 11.6 Å². The predicted octanol–water partition coefficient (Wildman–Crippen LogP) is 2.94. The number of halogens is 1. The summed E-state index contributed by atoms with van der Waals surface area (Å²) in [5, 5.41) is 0.598. The van der Waals surface area contributed by atoms with Crippen LogP contribution in [0.4, 0.5) is 11.5 Å². The molecule has 88 valence electrons. The fourth-order valence-electron chi connectivity index (χ4n) is 2.06. The van der Waals surface area contributed by atoms with Crippen LogP contribution in [0.15, 0.2) is 12.3 Å². The third kappa shape index (κ3) is 2.40. The quantitative estimate of drug-likeness (QED) is 0.879. The predicted molar refractivity (Wildman–Crippen MR) is 68.9 cm³/mol. The van der Waals surface area contributed by atoms with Crippen molar-refractivity contribution in [3.63, 3.8) is 0 Å². The molecule has 1 heterocycles. The highest BCUT2D eigenvalue weighted by Crippen LogP contribution is 2.30. The van der Waals surface area contributed by atoms with Crippen molar-refractivity contribution in [1.82, 2.24) is 4.98 Å². The molecule has 1 aromatic heterocycles. The fraction of sp³-hybridized carbons (Fsp3) is 0.583. The largest absolute Gasteiger partial charge is 0.396 e. The molecule has 0 saturated heterocycles. The standard InChI is InChI=1S/C12H18ClN3/c1-2-16(8-9-4-3-5-9)12-11(14)6-10(13)7-15-12/h6-7,9H,2-5,8,14H2,1H3. The number of rotatable bonds is 4. The summed E-state index contributed by atoms with van der Waals surface area (Å²) in [5.74, 6) is 1.69. The van der Waals surface area contributed by atoms with Crippen LogP contribution in [0.2, 0.25) is 5.02 Å². The van der Waals surface area contributed by atoms with Gasteiger partial charge in [0.25, 0.3) is 0 Å². The third-order valence-electron chi connectivity index (χ3n) is 3.25. The summed E-state index contributed by atoms with van der Waals surface area (Å²) < 4.78 is 0. The third-order valence-corrected chi connectivity index (χ3v) is 3.45. The van der Waals surface area contributed by atoms with Crippen LogP contribution in [0.3, 0.4) is 0 Å². The van der Waals surface area contributed by atoms with Gasteiger partial charge >= 0.3 is 0 Å². The van der Waals surface area contributed by atoms with Crippen LogP contribution in [0.5, 0.6) is 0 Å². The molecule has 0 aliphatic heterocycles. The summed E-state index contributed by atoms with van der Waals surface area (Å²) in [6.07, 6.45) is 5.70. The Bertz CT molecular complexity index is 363. The van der Waals surface area contributed by atoms with Crippen molar-refractivity contribution in [2.75, 3.05) is 23.7 Å². The van der Waals surface area contributed by atoms with Gasteiger partial charge in [0.1, 0.15) is 0 Å². The fourth-order valence-corrected chi connectivity index (χ4v) is 2.23. The first-order valence-corrected chi connectivity index (χ1v) is 6.24. The Kier molecular flexibility index (Phi) is 3.54. The molecule has 0 bridgehead atoms. The van der Waals surface area contributed by atoms with Gasteiger partial charge in [-0.2, -0.15) is 0 Å². The van der Waals surface area contributed by atoms with Gasteiger partial charge in [0.15, 0.2) is 5.82 Å². The summed E-state index contributed by atoms with van der Waals surface area (Å²) in [7, 11) is 0. The second-order valence-corrected chi connectivity index (χ2v) is 4.84. The number of aromatic nitrogens is 1. The lowest BCUT2D eigenvalue weighted by Gasteiger charge is -2.32. The van der Waals surface area contributed by atoms with E-state index in [1.807, 2.05) is 0 Å². The summed E-state index contributed by atoms with van der Waals surface area (Å²) in [6.45, 7) is 4.14. The lowest BCUT2D eigenvalue weighted by Crippen LogP contribution is -2.33. The first-order valence-electron chi connectivity index (χ1n) is 5.86. The van der Waals surface area contributed by atoms with Gasteiger partial charge in [0.2, 0.25) is 0 Å². The number of anilines is 2. The Balaban J connectivity index is 2.11. The monoisotopic (exact) mass is 239 g/mol. The SMILES string of the molecule is CCN(CC1CCC1)c1ncc(Cl)cc1N. The van der Waals surface area contributed by atoms with Crippen molar-refractivity contribution < 1.29 is 0 Å². The van der Waals surface area contributed by atoms with Gasteiger partial charge in [0, 0.05) is 19.3 Å². The number of hydrogen-bond acceptors (Lipinski definition) is 3. The van der Waals surface area contributed by atoms with E-state index in [0.29, 0.717) is 10.7 Å². The number of nitrogens with two attached hydrogens (primary N) is 1. The number of nitrogen functional groups attached to an aromatic ring is 1. The smallest absolute Gasteiger partial charge is 0.151 e. The molecule has 0 unspecified atom stereocenters. The van der Waals surface area contributed by atoms with Crippen LogP contribution in [0.1, 0.15) is 26.2 Å². The average molecular weight is 240 g/mol. The van der Waals surface area contributed by atoms with Crippen molar-refractivity contribution >= 4 is 23.1 Å². The molecule has 0 radical (unpaired) electrons. The number of hydrogen-bond donors (Lipinski definition) is 1. The highest BCUT2D eigenvalue weighted by molar-refractivity contribution is 6.30. The molecule has 0 aromatic carbocycles. The normalized spacial score (nSPS) is 15.9. The molecule has 1 aromatic rings. The molecule has 3 nitrogen and oxygen atoms in total. The minimum atomic E-state index is 0.598. The maximum atomic E-state index is 5.94. The van der Waals surface area contributed by atoms with Crippen molar-refractivity contribution in [3.05, 3.63) is 17.3 Å². The van der Waals surface area contributed by atoms with Gasteiger partial charge in [-0.3, -0.25) is 0 Å². The van der Waals surface area contributed by atoms with E-state index in [4.69, 9.17) is 17.3 Å². The molecule has 16 heavy (non-hydrogen) atoms. The summed E-state index contributed by atoms with van der Waals surface area (Å²) in [5.41, 5.74) is 6.62. The van der Waals surface area contributed by atoms with Crippen LogP contribution in [0.25, 0.3) is 0 Å². The molecule has 1 fully saturated rings. The molecular formula is C12H18ClN3. The van der Waals surface area contributed by atoms with E-state index < -0.39 is 0 Å². The molecule has 1 aliphatic rings. The van der Waals surface area contributed by atoms with E-state index in [1.165, 1.54) is 19.3 Å². The van der Waals surface area contributed by atoms with E-state index in [9.17, 15) is 0 Å². The Hall–Kier alpha value is -0.960. The molecule has 2 N–H and O–H groups in total. The van der Waals surface area contributed by atoms with Gasteiger partial charge in [-0.1, -0.05) is 18.0 Å². The van der Waals surface area contributed by atoms with Gasteiger partial charge < -0.3 is 10.6 Å². The lowest BCUT2D eigenvalue weighted by atomic mass is 9.85. The van der Waals surface area contributed by atoms with Crippen molar-refractivity contribution in [2.45, 2.75) is 26.2 Å². The van der Waals surface area contributed by atoms with Crippen molar-refractivity contribution in [2.24, 2.45) is 5.92 Å². The van der Waals surface area contributed by atoms with Gasteiger partial charge in [-0.15, -0.1) is 0 Å². The summed E-state index contributed by atoms with van der Waals surface area (Å²) in [6, 6.07) is 1.77. The van der Waals surface area contributed by atoms with Crippen molar-refractivity contribution in [3.8, 4) is 0 Å². The molecule has 1 aliphatic carbocycles. The Morgan fingerprint density at radius 1 is 1.56 bits per heavy atom. The van der Waals surface area contributed by atoms with Crippen LogP contribution < -0.4 is 10.6 Å². The molecule has 1 saturated carbocycles. The summed E-state index contributed by atoms with van der Waals surface area (Å²) >= 11 is 5.85. The van der Waals surface area contributed by atoms with E-state index in [2.05, 4.69) is 16.8 Å². The molecule has 0 spiro atoms. The topological polar surface area (TPSA) is 42.2 Å². The first-order chi connectivity index (χ1) is 7.70.